The van der Waals surface area contributed by atoms with Crippen LogP contribution in [0.2, 0.25) is 0 Å². The van der Waals surface area contributed by atoms with Gasteiger partial charge >= 0.3 is 0 Å². The molecule has 1 saturated heterocycles. The lowest BCUT2D eigenvalue weighted by Crippen LogP contribution is -2.62. The summed E-state index contributed by atoms with van der Waals surface area (Å²) in [5, 5.41) is 3.31. The fourth-order valence-electron chi connectivity index (χ4n) is 2.09. The molecule has 0 amide bonds. The average Bonchev–Trinajstić information content (AvgIpc) is 1.90. The van der Waals surface area contributed by atoms with Crippen molar-refractivity contribution in [1.82, 2.24) is 5.32 Å². The number of hydrogen-bond donors (Lipinski definition) is 1. The molecule has 2 rings (SSSR count). The first-order valence-electron chi connectivity index (χ1n) is 4.66. The lowest BCUT2D eigenvalue weighted by Gasteiger charge is -2.54. The summed E-state index contributed by atoms with van der Waals surface area (Å²) in [6.45, 7) is 3.89. The third-order valence-electron chi connectivity index (χ3n) is 2.96. The molecule has 2 fully saturated rings. The highest BCUT2D eigenvalue weighted by molar-refractivity contribution is 5.03. The van der Waals surface area contributed by atoms with Crippen LogP contribution in [0.4, 0.5) is 0 Å². The largest absolute Gasteiger partial charge is 0.382 e. The fraction of sp³-hybridized carbons (Fsp3) is 1.00. The van der Waals surface area contributed by atoms with Gasteiger partial charge in [0, 0.05) is 25.6 Å². The maximum absolute atomic E-state index is 5.60. The standard InChI is InChI=1S/C9H17NO2/c1-11-2-3-12-8-4-9(5-8)6-10-7-9/h8,10H,2-7H2,1H3. The van der Waals surface area contributed by atoms with Gasteiger partial charge in [0.15, 0.2) is 0 Å². The summed E-state index contributed by atoms with van der Waals surface area (Å²) in [6, 6.07) is 0. The van der Waals surface area contributed by atoms with Crippen molar-refractivity contribution in [3.63, 3.8) is 0 Å². The number of nitrogens with one attached hydrogen (secondary N) is 1. The second-order valence-corrected chi connectivity index (χ2v) is 4.00. The Morgan fingerprint density at radius 2 is 2.08 bits per heavy atom. The first-order valence-corrected chi connectivity index (χ1v) is 4.66. The molecule has 0 aromatic carbocycles. The molecule has 0 atom stereocenters. The van der Waals surface area contributed by atoms with Crippen LogP contribution in [0.25, 0.3) is 0 Å². The Kier molecular flexibility index (Phi) is 2.35. The van der Waals surface area contributed by atoms with Crippen molar-refractivity contribution >= 4 is 0 Å². The van der Waals surface area contributed by atoms with Gasteiger partial charge in [0.2, 0.25) is 0 Å². The molecular weight excluding hydrogens is 154 g/mol. The predicted octanol–water partition coefficient (Wildman–Crippen LogP) is 0.401. The molecule has 1 N–H and O–H groups in total. The van der Waals surface area contributed by atoms with E-state index in [2.05, 4.69) is 5.32 Å². The van der Waals surface area contributed by atoms with E-state index >= 15 is 0 Å². The molecule has 0 aromatic rings. The molecule has 1 saturated carbocycles. The first kappa shape index (κ1) is 8.48. The van der Waals surface area contributed by atoms with Gasteiger partial charge in [-0.3, -0.25) is 0 Å². The zero-order valence-electron chi connectivity index (χ0n) is 7.64. The molecule has 12 heavy (non-hydrogen) atoms. The van der Waals surface area contributed by atoms with Crippen molar-refractivity contribution in [3.8, 4) is 0 Å². The molecule has 3 nitrogen and oxygen atoms in total. The molecule has 0 aromatic heterocycles. The summed E-state index contributed by atoms with van der Waals surface area (Å²) in [4.78, 5) is 0. The second kappa shape index (κ2) is 3.32. The van der Waals surface area contributed by atoms with Crippen LogP contribution in [0, 0.1) is 5.41 Å². The van der Waals surface area contributed by atoms with Gasteiger partial charge in [0.1, 0.15) is 0 Å². The Morgan fingerprint density at radius 3 is 2.58 bits per heavy atom. The number of methoxy groups -OCH3 is 1. The van der Waals surface area contributed by atoms with E-state index in [9.17, 15) is 0 Å². The van der Waals surface area contributed by atoms with E-state index in [4.69, 9.17) is 9.47 Å². The third kappa shape index (κ3) is 1.49. The Balaban J connectivity index is 1.56. The number of ether oxygens (including phenoxy) is 2. The van der Waals surface area contributed by atoms with Gasteiger partial charge in [-0.1, -0.05) is 0 Å². The summed E-state index contributed by atoms with van der Waals surface area (Å²) in [7, 11) is 1.71. The second-order valence-electron chi connectivity index (χ2n) is 4.00. The van der Waals surface area contributed by atoms with Crippen molar-refractivity contribution in [1.29, 1.82) is 0 Å². The van der Waals surface area contributed by atoms with Crippen LogP contribution in [0.15, 0.2) is 0 Å². The fourth-order valence-corrected chi connectivity index (χ4v) is 2.09. The zero-order chi connectivity index (χ0) is 8.44. The molecule has 1 aliphatic heterocycles. The van der Waals surface area contributed by atoms with Gasteiger partial charge in [-0.25, -0.2) is 0 Å². The summed E-state index contributed by atoms with van der Waals surface area (Å²) in [6.07, 6.45) is 3.02. The molecule has 0 unspecified atom stereocenters. The third-order valence-corrected chi connectivity index (χ3v) is 2.96. The maximum Gasteiger partial charge on any atom is 0.0704 e. The first-order chi connectivity index (χ1) is 5.85. The Morgan fingerprint density at radius 1 is 1.33 bits per heavy atom. The molecule has 3 heteroatoms. The highest BCUT2D eigenvalue weighted by atomic mass is 16.5. The van der Waals surface area contributed by atoms with E-state index in [1.54, 1.807) is 7.11 Å². The smallest absolute Gasteiger partial charge is 0.0704 e. The van der Waals surface area contributed by atoms with E-state index in [0.717, 1.165) is 13.2 Å². The Labute approximate surface area is 73.4 Å². The van der Waals surface area contributed by atoms with Gasteiger partial charge in [-0.05, 0) is 12.8 Å². The minimum Gasteiger partial charge on any atom is -0.382 e. The van der Waals surface area contributed by atoms with Crippen molar-refractivity contribution in [3.05, 3.63) is 0 Å². The van der Waals surface area contributed by atoms with Crippen molar-refractivity contribution in [2.24, 2.45) is 5.41 Å². The van der Waals surface area contributed by atoms with Crippen LogP contribution in [-0.4, -0.2) is 39.5 Å². The SMILES string of the molecule is COCCOC1CC2(CNC2)C1. The molecule has 1 aliphatic carbocycles. The monoisotopic (exact) mass is 171 g/mol. The number of hydrogen-bond acceptors (Lipinski definition) is 3. The highest BCUT2D eigenvalue weighted by Gasteiger charge is 2.48. The Bertz CT molecular complexity index is 149. The molecule has 1 spiro atoms. The van der Waals surface area contributed by atoms with Crippen molar-refractivity contribution in [2.45, 2.75) is 18.9 Å². The summed E-state index contributed by atoms with van der Waals surface area (Å²) >= 11 is 0. The molecule has 70 valence electrons. The summed E-state index contributed by atoms with van der Waals surface area (Å²) in [5.74, 6) is 0. The quantitative estimate of drug-likeness (QED) is 0.621. The van der Waals surface area contributed by atoms with Crippen molar-refractivity contribution in [2.75, 3.05) is 33.4 Å². The predicted molar refractivity (Wildman–Crippen MR) is 46.2 cm³/mol. The summed E-state index contributed by atoms with van der Waals surface area (Å²) in [5.41, 5.74) is 0.637. The van der Waals surface area contributed by atoms with Crippen LogP contribution in [0.5, 0.6) is 0 Å². The van der Waals surface area contributed by atoms with Gasteiger partial charge in [0.05, 0.1) is 19.3 Å². The zero-order valence-corrected chi connectivity index (χ0v) is 7.64. The van der Waals surface area contributed by atoms with Crippen LogP contribution < -0.4 is 5.32 Å². The van der Waals surface area contributed by atoms with Crippen LogP contribution in [0.1, 0.15) is 12.8 Å². The van der Waals surface area contributed by atoms with E-state index < -0.39 is 0 Å². The van der Waals surface area contributed by atoms with Crippen LogP contribution in [0.3, 0.4) is 0 Å². The lowest BCUT2D eigenvalue weighted by molar-refractivity contribution is -0.110. The molecule has 2 aliphatic rings. The molecule has 0 bridgehead atoms. The van der Waals surface area contributed by atoms with Crippen LogP contribution >= 0.6 is 0 Å². The lowest BCUT2D eigenvalue weighted by atomic mass is 9.63. The van der Waals surface area contributed by atoms with Gasteiger partial charge < -0.3 is 14.8 Å². The minimum absolute atomic E-state index is 0.516. The van der Waals surface area contributed by atoms with Gasteiger partial charge in [0.25, 0.3) is 0 Å². The van der Waals surface area contributed by atoms with Crippen molar-refractivity contribution < 1.29 is 9.47 Å². The molecule has 1 heterocycles. The van der Waals surface area contributed by atoms with E-state index in [0.29, 0.717) is 11.5 Å². The normalized spacial score (nSPS) is 26.8. The molecule has 0 radical (unpaired) electrons. The summed E-state index contributed by atoms with van der Waals surface area (Å²) < 4.78 is 10.5. The van der Waals surface area contributed by atoms with Gasteiger partial charge in [-0.2, -0.15) is 0 Å². The number of rotatable bonds is 4. The molecular formula is C9H17NO2. The topological polar surface area (TPSA) is 30.5 Å². The maximum atomic E-state index is 5.60. The average molecular weight is 171 g/mol. The van der Waals surface area contributed by atoms with E-state index in [-0.39, 0.29) is 0 Å². The van der Waals surface area contributed by atoms with Gasteiger partial charge in [-0.15, -0.1) is 0 Å². The minimum atomic E-state index is 0.516. The highest BCUT2D eigenvalue weighted by Crippen LogP contribution is 2.45. The van der Waals surface area contributed by atoms with Crippen LogP contribution in [-0.2, 0) is 9.47 Å². The Hall–Kier alpha value is -0.120. The van der Waals surface area contributed by atoms with E-state index in [1.165, 1.54) is 25.9 Å². The van der Waals surface area contributed by atoms with E-state index in [1.807, 2.05) is 0 Å².